The molecule has 0 bridgehead atoms. The van der Waals surface area contributed by atoms with Crippen LogP contribution in [0.4, 0.5) is 11.4 Å². The van der Waals surface area contributed by atoms with Crippen molar-refractivity contribution in [3.63, 3.8) is 0 Å². The lowest BCUT2D eigenvalue weighted by molar-refractivity contribution is -0.121. The minimum absolute atomic E-state index is 0.112. The van der Waals surface area contributed by atoms with E-state index in [9.17, 15) is 9.59 Å². The zero-order valence-corrected chi connectivity index (χ0v) is 19.8. The largest absolute Gasteiger partial charge is 0.355 e. The SMILES string of the molecule is CCCCCCCC(=O)NCc1cccc(-c2ccc(Nc3ccccc3C(=O)NN)cc2)c1. The Labute approximate surface area is 201 Å². The van der Waals surface area contributed by atoms with Crippen LogP contribution in [0, 0.1) is 0 Å². The summed E-state index contributed by atoms with van der Waals surface area (Å²) < 4.78 is 0. The van der Waals surface area contributed by atoms with Gasteiger partial charge in [-0.1, -0.05) is 75.1 Å². The molecule has 6 heteroatoms. The molecule has 0 aromatic heterocycles. The molecule has 5 N–H and O–H groups in total. The van der Waals surface area contributed by atoms with Crippen molar-refractivity contribution in [3.05, 3.63) is 83.9 Å². The maximum absolute atomic E-state index is 12.1. The molecule has 0 spiro atoms. The van der Waals surface area contributed by atoms with E-state index < -0.39 is 0 Å². The lowest BCUT2D eigenvalue weighted by Gasteiger charge is -2.12. The summed E-state index contributed by atoms with van der Waals surface area (Å²) in [5, 5.41) is 6.31. The van der Waals surface area contributed by atoms with Gasteiger partial charge in [0, 0.05) is 18.7 Å². The van der Waals surface area contributed by atoms with Crippen LogP contribution in [0.1, 0.15) is 61.4 Å². The Balaban J connectivity index is 1.58. The van der Waals surface area contributed by atoms with E-state index in [-0.39, 0.29) is 11.8 Å². The number of nitrogen functional groups attached to an aromatic ring is 1. The number of nitrogens with two attached hydrogens (primary N) is 1. The summed E-state index contributed by atoms with van der Waals surface area (Å²) in [6, 6.07) is 23.4. The monoisotopic (exact) mass is 458 g/mol. The Hall–Kier alpha value is -3.64. The van der Waals surface area contributed by atoms with Gasteiger partial charge >= 0.3 is 0 Å². The fourth-order valence-corrected chi connectivity index (χ4v) is 3.81. The van der Waals surface area contributed by atoms with Gasteiger partial charge < -0.3 is 10.6 Å². The molecule has 0 saturated heterocycles. The van der Waals surface area contributed by atoms with Crippen LogP contribution in [0.3, 0.4) is 0 Å². The molecule has 3 aromatic carbocycles. The van der Waals surface area contributed by atoms with Crippen molar-refractivity contribution < 1.29 is 9.59 Å². The molecule has 0 saturated carbocycles. The predicted octanol–water partition coefficient (Wildman–Crippen LogP) is 5.68. The molecule has 0 aliphatic rings. The van der Waals surface area contributed by atoms with Crippen LogP contribution in [-0.2, 0) is 11.3 Å². The number of anilines is 2. The van der Waals surface area contributed by atoms with Crippen LogP contribution in [-0.4, -0.2) is 11.8 Å². The first kappa shape index (κ1) is 25.0. The van der Waals surface area contributed by atoms with E-state index in [2.05, 4.69) is 35.1 Å². The number of carbonyl (C=O) groups excluding carboxylic acids is 2. The van der Waals surface area contributed by atoms with Crippen molar-refractivity contribution in [3.8, 4) is 11.1 Å². The van der Waals surface area contributed by atoms with Crippen molar-refractivity contribution in [1.29, 1.82) is 0 Å². The number of nitrogens with one attached hydrogen (secondary N) is 3. The standard InChI is InChI=1S/C28H34N4O2/c1-2-3-4-5-6-14-27(33)30-20-21-10-9-11-23(19-21)22-15-17-24(18-16-22)31-26-13-8-7-12-25(26)28(34)32-29/h7-13,15-19,31H,2-6,14,20,29H2,1H3,(H,30,33)(H,32,34). The van der Waals surface area contributed by atoms with Gasteiger partial charge in [-0.05, 0) is 53.4 Å². The van der Waals surface area contributed by atoms with Crippen molar-refractivity contribution in [2.75, 3.05) is 5.32 Å². The predicted molar refractivity (Wildman–Crippen MR) is 138 cm³/mol. The number of rotatable bonds is 12. The average molecular weight is 459 g/mol. The maximum atomic E-state index is 12.1. The van der Waals surface area contributed by atoms with Gasteiger partial charge in [0.05, 0.1) is 11.3 Å². The topological polar surface area (TPSA) is 96.2 Å². The van der Waals surface area contributed by atoms with Gasteiger partial charge in [-0.2, -0.15) is 0 Å². The number of unbranched alkanes of at least 4 members (excludes halogenated alkanes) is 4. The number of carbonyl (C=O) groups is 2. The van der Waals surface area contributed by atoms with E-state index in [1.807, 2.05) is 48.5 Å². The number of hydrazine groups is 1. The normalized spacial score (nSPS) is 10.5. The van der Waals surface area contributed by atoms with Gasteiger partial charge in [-0.3, -0.25) is 15.0 Å². The van der Waals surface area contributed by atoms with Crippen LogP contribution in [0.25, 0.3) is 11.1 Å². The smallest absolute Gasteiger partial charge is 0.267 e. The fraction of sp³-hybridized carbons (Fsp3) is 0.286. The first-order valence-electron chi connectivity index (χ1n) is 11.9. The minimum atomic E-state index is -0.347. The summed E-state index contributed by atoms with van der Waals surface area (Å²) in [5.41, 5.74) is 7.42. The third-order valence-electron chi connectivity index (χ3n) is 5.72. The quantitative estimate of drug-likeness (QED) is 0.122. The van der Waals surface area contributed by atoms with Crippen molar-refractivity contribution in [2.45, 2.75) is 52.0 Å². The molecule has 0 radical (unpaired) electrons. The summed E-state index contributed by atoms with van der Waals surface area (Å²) >= 11 is 0. The second-order valence-electron chi connectivity index (χ2n) is 8.36. The Morgan fingerprint density at radius 3 is 2.35 bits per heavy atom. The number of amides is 2. The van der Waals surface area contributed by atoms with Crippen LogP contribution in [0.15, 0.2) is 72.8 Å². The number of hydrogen-bond acceptors (Lipinski definition) is 4. The second kappa shape index (κ2) is 13.2. The Bertz CT molecular complexity index is 1080. The molecule has 0 aliphatic heterocycles. The number of para-hydroxylation sites is 1. The average Bonchev–Trinajstić information content (AvgIpc) is 2.88. The van der Waals surface area contributed by atoms with Gasteiger partial charge in [-0.15, -0.1) is 0 Å². The van der Waals surface area contributed by atoms with E-state index in [4.69, 9.17) is 5.84 Å². The molecule has 0 heterocycles. The highest BCUT2D eigenvalue weighted by molar-refractivity contribution is 6.00. The van der Waals surface area contributed by atoms with Gasteiger partial charge in [0.1, 0.15) is 0 Å². The fourth-order valence-electron chi connectivity index (χ4n) is 3.81. The lowest BCUT2D eigenvalue weighted by atomic mass is 10.0. The van der Waals surface area contributed by atoms with E-state index in [1.54, 1.807) is 12.1 Å². The zero-order valence-electron chi connectivity index (χ0n) is 19.8. The summed E-state index contributed by atoms with van der Waals surface area (Å²) in [6.45, 7) is 2.72. The Morgan fingerprint density at radius 1 is 0.824 bits per heavy atom. The van der Waals surface area contributed by atoms with Gasteiger partial charge in [0.2, 0.25) is 5.91 Å². The molecule has 0 fully saturated rings. The molecular formula is C28H34N4O2. The summed E-state index contributed by atoms with van der Waals surface area (Å²) in [7, 11) is 0. The van der Waals surface area contributed by atoms with Crippen molar-refractivity contribution >= 4 is 23.2 Å². The minimum Gasteiger partial charge on any atom is -0.355 e. The molecular weight excluding hydrogens is 424 g/mol. The molecule has 178 valence electrons. The molecule has 0 aliphatic carbocycles. The molecule has 0 atom stereocenters. The van der Waals surface area contributed by atoms with E-state index >= 15 is 0 Å². The first-order valence-corrected chi connectivity index (χ1v) is 11.9. The third-order valence-corrected chi connectivity index (χ3v) is 5.72. The van der Waals surface area contributed by atoms with E-state index in [0.717, 1.165) is 35.2 Å². The molecule has 0 unspecified atom stereocenters. The second-order valence-corrected chi connectivity index (χ2v) is 8.36. The van der Waals surface area contributed by atoms with Crippen LogP contribution in [0.5, 0.6) is 0 Å². The van der Waals surface area contributed by atoms with Gasteiger partial charge in [0.15, 0.2) is 0 Å². The van der Waals surface area contributed by atoms with Crippen LogP contribution in [0.2, 0.25) is 0 Å². The Morgan fingerprint density at radius 2 is 1.59 bits per heavy atom. The highest BCUT2D eigenvalue weighted by Crippen LogP contribution is 2.25. The zero-order chi connectivity index (χ0) is 24.2. The maximum Gasteiger partial charge on any atom is 0.267 e. The first-order chi connectivity index (χ1) is 16.6. The number of hydrogen-bond donors (Lipinski definition) is 4. The lowest BCUT2D eigenvalue weighted by Crippen LogP contribution is -2.30. The highest BCUT2D eigenvalue weighted by atomic mass is 16.2. The molecule has 3 rings (SSSR count). The molecule has 34 heavy (non-hydrogen) atoms. The van der Waals surface area contributed by atoms with E-state index in [1.165, 1.54) is 19.3 Å². The number of benzene rings is 3. The molecule has 6 nitrogen and oxygen atoms in total. The molecule has 2 amide bonds. The molecule has 3 aromatic rings. The van der Waals surface area contributed by atoms with Gasteiger partial charge in [0.25, 0.3) is 5.91 Å². The van der Waals surface area contributed by atoms with Crippen LogP contribution < -0.4 is 21.9 Å². The van der Waals surface area contributed by atoms with E-state index in [0.29, 0.717) is 24.2 Å². The summed E-state index contributed by atoms with van der Waals surface area (Å²) in [4.78, 5) is 24.1. The van der Waals surface area contributed by atoms with Crippen molar-refractivity contribution in [2.24, 2.45) is 5.84 Å². The van der Waals surface area contributed by atoms with Crippen molar-refractivity contribution in [1.82, 2.24) is 10.7 Å². The summed E-state index contributed by atoms with van der Waals surface area (Å²) in [6.07, 6.45) is 6.32. The van der Waals surface area contributed by atoms with Gasteiger partial charge in [-0.25, -0.2) is 5.84 Å². The highest BCUT2D eigenvalue weighted by Gasteiger charge is 2.10. The third kappa shape index (κ3) is 7.46. The summed E-state index contributed by atoms with van der Waals surface area (Å²) in [5.74, 6) is 5.05. The Kier molecular flexibility index (Phi) is 9.67. The van der Waals surface area contributed by atoms with Crippen LogP contribution >= 0.6 is 0 Å².